The molecule has 0 spiro atoms. The van der Waals surface area contributed by atoms with Crippen LogP contribution >= 0.6 is 0 Å². The van der Waals surface area contributed by atoms with Crippen LogP contribution in [0.5, 0.6) is 0 Å². The van der Waals surface area contributed by atoms with E-state index in [-0.39, 0.29) is 15.7 Å². The van der Waals surface area contributed by atoms with Gasteiger partial charge in [-0.15, -0.1) is 0 Å². The summed E-state index contributed by atoms with van der Waals surface area (Å²) in [5.41, 5.74) is -3.17. The molecular formula is C14H14F2N2O4. The topological polar surface area (TPSA) is 85.1 Å². The Morgan fingerprint density at radius 2 is 2.05 bits per heavy atom. The quantitative estimate of drug-likeness (QED) is 0.912. The van der Waals surface area contributed by atoms with E-state index in [0.717, 1.165) is 18.9 Å². The number of hydrogen-bond acceptors (Lipinski definition) is 4. The van der Waals surface area contributed by atoms with Crippen LogP contribution < -0.4 is 16.9 Å². The van der Waals surface area contributed by atoms with E-state index in [1.807, 2.05) is 4.98 Å². The highest BCUT2D eigenvalue weighted by Gasteiger charge is 2.22. The smallest absolute Gasteiger partial charge is 0.337 e. The van der Waals surface area contributed by atoms with Crippen LogP contribution in [0.3, 0.4) is 0 Å². The Morgan fingerprint density at radius 3 is 2.68 bits per heavy atom. The highest BCUT2D eigenvalue weighted by atomic mass is 19.3. The summed E-state index contributed by atoms with van der Waals surface area (Å²) >= 11 is 0. The monoisotopic (exact) mass is 312 g/mol. The molecule has 1 aliphatic carbocycles. The van der Waals surface area contributed by atoms with Gasteiger partial charge in [0.1, 0.15) is 5.39 Å². The van der Waals surface area contributed by atoms with Crippen LogP contribution in [0.25, 0.3) is 11.1 Å². The Bertz CT molecular complexity index is 877. The highest BCUT2D eigenvalue weighted by Crippen LogP contribution is 2.34. The lowest BCUT2D eigenvalue weighted by molar-refractivity contribution is 0.0619. The largest absolute Gasteiger partial charge is 0.405 e. The summed E-state index contributed by atoms with van der Waals surface area (Å²) in [6, 6.07) is 1.13. The maximum absolute atomic E-state index is 12.8. The van der Waals surface area contributed by atoms with Crippen molar-refractivity contribution in [1.29, 1.82) is 0 Å². The molecule has 0 aromatic carbocycles. The summed E-state index contributed by atoms with van der Waals surface area (Å²) in [4.78, 5) is 37.2. The molecule has 0 aliphatic heterocycles. The molecule has 0 atom stereocenters. The zero-order chi connectivity index (χ0) is 15.9. The van der Waals surface area contributed by atoms with E-state index in [2.05, 4.69) is 0 Å². The maximum atomic E-state index is 12.8. The van der Waals surface area contributed by atoms with Gasteiger partial charge in [-0.2, -0.15) is 13.3 Å². The second-order valence-corrected chi connectivity index (χ2v) is 5.51. The van der Waals surface area contributed by atoms with Crippen LogP contribution in [-0.4, -0.2) is 9.55 Å². The molecule has 2 aromatic heterocycles. The number of aryl methyl sites for hydroxylation is 1. The van der Waals surface area contributed by atoms with Gasteiger partial charge in [0.15, 0.2) is 0 Å². The van der Waals surface area contributed by atoms with Crippen LogP contribution in [-0.2, 0) is 6.42 Å². The molecule has 22 heavy (non-hydrogen) atoms. The Labute approximate surface area is 122 Å². The molecule has 6 nitrogen and oxygen atoms in total. The maximum Gasteiger partial charge on any atom is 0.337 e. The van der Waals surface area contributed by atoms with E-state index in [1.54, 1.807) is 0 Å². The van der Waals surface area contributed by atoms with Gasteiger partial charge in [0.2, 0.25) is 5.71 Å². The standard InChI is InChI=1S/C14H14F2N2O4/c15-13(16)18-12(20)10-8(3-1-2-7-4-5-7)6-9(19)22-11(10)17-14(18)21/h6-7,13H,1-5H2,(H,17,21). The molecule has 0 amide bonds. The van der Waals surface area contributed by atoms with Crippen LogP contribution in [0, 0.1) is 5.92 Å². The molecule has 1 aliphatic rings. The molecule has 0 bridgehead atoms. The van der Waals surface area contributed by atoms with E-state index in [9.17, 15) is 23.2 Å². The summed E-state index contributed by atoms with van der Waals surface area (Å²) in [6.45, 7) is -3.26. The molecule has 1 saturated carbocycles. The van der Waals surface area contributed by atoms with E-state index >= 15 is 0 Å². The third-order valence-electron chi connectivity index (χ3n) is 3.87. The van der Waals surface area contributed by atoms with Crippen molar-refractivity contribution < 1.29 is 13.2 Å². The first-order valence-electron chi connectivity index (χ1n) is 7.07. The van der Waals surface area contributed by atoms with Gasteiger partial charge in [-0.3, -0.25) is 9.78 Å². The fourth-order valence-electron chi connectivity index (χ4n) is 2.60. The van der Waals surface area contributed by atoms with E-state index in [1.165, 1.54) is 12.8 Å². The van der Waals surface area contributed by atoms with Crippen LogP contribution in [0.15, 0.2) is 24.9 Å². The lowest BCUT2D eigenvalue weighted by atomic mass is 10.1. The number of rotatable bonds is 5. The molecular weight excluding hydrogens is 298 g/mol. The molecule has 0 radical (unpaired) electrons. The SMILES string of the molecule is O=c1cc(CCCC2CC2)c2c(=O)n(C(F)F)c(=O)[nH]c2o1. The van der Waals surface area contributed by atoms with Crippen molar-refractivity contribution in [3.63, 3.8) is 0 Å². The van der Waals surface area contributed by atoms with Gasteiger partial charge in [0.25, 0.3) is 5.56 Å². The van der Waals surface area contributed by atoms with Gasteiger partial charge < -0.3 is 4.42 Å². The molecule has 0 saturated heterocycles. The Balaban J connectivity index is 2.12. The van der Waals surface area contributed by atoms with Crippen molar-refractivity contribution in [3.05, 3.63) is 42.9 Å². The highest BCUT2D eigenvalue weighted by molar-refractivity contribution is 5.75. The fourth-order valence-corrected chi connectivity index (χ4v) is 2.60. The first-order valence-corrected chi connectivity index (χ1v) is 7.07. The third kappa shape index (κ3) is 2.72. The number of nitrogens with zero attached hydrogens (tertiary/aromatic N) is 1. The van der Waals surface area contributed by atoms with Crippen molar-refractivity contribution in [3.8, 4) is 0 Å². The Morgan fingerprint density at radius 1 is 1.32 bits per heavy atom. The first kappa shape index (κ1) is 14.7. The Hall–Kier alpha value is -2.25. The predicted molar refractivity (Wildman–Crippen MR) is 74.3 cm³/mol. The van der Waals surface area contributed by atoms with Gasteiger partial charge in [0, 0.05) is 6.07 Å². The summed E-state index contributed by atoms with van der Waals surface area (Å²) in [5, 5.41) is -0.157. The third-order valence-corrected chi connectivity index (χ3v) is 3.87. The van der Waals surface area contributed by atoms with Gasteiger partial charge in [0.05, 0.1) is 0 Å². The summed E-state index contributed by atoms with van der Waals surface area (Å²) in [7, 11) is 0. The predicted octanol–water partition coefficient (Wildman–Crippen LogP) is 1.77. The number of fused-ring (bicyclic) bond motifs is 1. The minimum absolute atomic E-state index is 0.157. The number of alkyl halides is 2. The Kier molecular flexibility index (Phi) is 3.67. The average molecular weight is 312 g/mol. The normalized spacial score (nSPS) is 14.9. The summed E-state index contributed by atoms with van der Waals surface area (Å²) in [5.74, 6) is 0.684. The van der Waals surface area contributed by atoms with Gasteiger partial charge in [-0.25, -0.2) is 9.59 Å². The molecule has 8 heteroatoms. The molecule has 3 rings (SSSR count). The molecule has 1 fully saturated rings. The zero-order valence-corrected chi connectivity index (χ0v) is 11.6. The second kappa shape index (κ2) is 5.51. The van der Waals surface area contributed by atoms with E-state index in [4.69, 9.17) is 4.42 Å². The minimum Gasteiger partial charge on any atom is -0.405 e. The van der Waals surface area contributed by atoms with Crippen LogP contribution in [0.1, 0.15) is 37.8 Å². The van der Waals surface area contributed by atoms with Crippen LogP contribution in [0.4, 0.5) is 8.78 Å². The molecule has 0 unspecified atom stereocenters. The van der Waals surface area contributed by atoms with Crippen LogP contribution in [0.2, 0.25) is 0 Å². The second-order valence-electron chi connectivity index (χ2n) is 5.51. The molecule has 2 heterocycles. The number of H-pyrrole nitrogens is 1. The van der Waals surface area contributed by atoms with Crippen molar-refractivity contribution in [2.24, 2.45) is 5.92 Å². The number of halogens is 2. The van der Waals surface area contributed by atoms with Crippen molar-refractivity contribution in [2.75, 3.05) is 0 Å². The number of hydrogen-bond donors (Lipinski definition) is 1. The van der Waals surface area contributed by atoms with Crippen molar-refractivity contribution in [1.82, 2.24) is 9.55 Å². The number of nitrogens with one attached hydrogen (secondary N) is 1. The number of aromatic amines is 1. The van der Waals surface area contributed by atoms with Crippen molar-refractivity contribution >= 4 is 11.1 Å². The van der Waals surface area contributed by atoms with Gasteiger partial charge in [-0.05, 0) is 24.3 Å². The minimum atomic E-state index is -3.26. The van der Waals surface area contributed by atoms with Crippen molar-refractivity contribution in [2.45, 2.75) is 38.7 Å². The lowest BCUT2D eigenvalue weighted by Crippen LogP contribution is -2.36. The van der Waals surface area contributed by atoms with E-state index in [0.29, 0.717) is 17.9 Å². The van der Waals surface area contributed by atoms with Gasteiger partial charge in [-0.1, -0.05) is 19.3 Å². The van der Waals surface area contributed by atoms with E-state index < -0.39 is 23.4 Å². The lowest BCUT2D eigenvalue weighted by Gasteiger charge is -2.07. The summed E-state index contributed by atoms with van der Waals surface area (Å²) < 4.78 is 30.3. The molecule has 2 aromatic rings. The average Bonchev–Trinajstić information content (AvgIpc) is 3.21. The van der Waals surface area contributed by atoms with Gasteiger partial charge >= 0.3 is 17.9 Å². The summed E-state index contributed by atoms with van der Waals surface area (Å²) in [6.07, 6.45) is 4.49. The molecule has 118 valence electrons. The number of aromatic nitrogens is 2. The first-order chi connectivity index (χ1) is 10.5. The zero-order valence-electron chi connectivity index (χ0n) is 11.6. The molecule has 1 N–H and O–H groups in total. The fraction of sp³-hybridized carbons (Fsp3) is 0.500.